The van der Waals surface area contributed by atoms with Crippen molar-refractivity contribution in [3.8, 4) is 0 Å². The number of aromatic carboxylic acids is 1. The van der Waals surface area contributed by atoms with Gasteiger partial charge in [-0.1, -0.05) is 35.9 Å². The zero-order chi connectivity index (χ0) is 13.8. The van der Waals surface area contributed by atoms with Crippen LogP contribution in [0.25, 0.3) is 0 Å². The number of hydrogen-bond donors (Lipinski definition) is 1. The van der Waals surface area contributed by atoms with Gasteiger partial charge in [-0.05, 0) is 36.2 Å². The molecule has 0 aromatic heterocycles. The second kappa shape index (κ2) is 6.13. The summed E-state index contributed by atoms with van der Waals surface area (Å²) in [5, 5.41) is 9.90. The molecule has 0 radical (unpaired) electrons. The third kappa shape index (κ3) is 3.52. The fourth-order valence-electron chi connectivity index (χ4n) is 1.75. The Morgan fingerprint density at radius 3 is 2.53 bits per heavy atom. The van der Waals surface area contributed by atoms with Gasteiger partial charge in [0.25, 0.3) is 0 Å². The van der Waals surface area contributed by atoms with Crippen LogP contribution in [0.2, 0.25) is 5.02 Å². The number of hydrogen-bond acceptors (Lipinski definition) is 2. The highest BCUT2D eigenvalue weighted by molar-refractivity contribution is 7.98. The van der Waals surface area contributed by atoms with Gasteiger partial charge in [0.1, 0.15) is 0 Å². The van der Waals surface area contributed by atoms with Crippen LogP contribution < -0.4 is 0 Å². The molecular weight excluding hydrogens is 280 g/mol. The number of aryl methyl sites for hydroxylation is 1. The average Bonchev–Trinajstić information content (AvgIpc) is 2.39. The molecule has 0 saturated carbocycles. The summed E-state index contributed by atoms with van der Waals surface area (Å²) < 4.78 is 0. The minimum atomic E-state index is -0.887. The van der Waals surface area contributed by atoms with Crippen molar-refractivity contribution in [3.05, 3.63) is 64.2 Å². The van der Waals surface area contributed by atoms with Crippen LogP contribution in [0, 0.1) is 6.92 Å². The molecule has 0 bridgehead atoms. The fourth-order valence-corrected chi connectivity index (χ4v) is 2.98. The van der Waals surface area contributed by atoms with Gasteiger partial charge >= 0.3 is 5.97 Å². The van der Waals surface area contributed by atoms with Gasteiger partial charge in [0.05, 0.1) is 5.56 Å². The zero-order valence-corrected chi connectivity index (χ0v) is 12.0. The van der Waals surface area contributed by atoms with Crippen molar-refractivity contribution >= 4 is 29.3 Å². The van der Waals surface area contributed by atoms with E-state index in [0.717, 1.165) is 21.8 Å². The highest BCUT2D eigenvalue weighted by Gasteiger charge is 2.12. The summed E-state index contributed by atoms with van der Waals surface area (Å²) in [7, 11) is 0. The van der Waals surface area contributed by atoms with Gasteiger partial charge in [0.2, 0.25) is 0 Å². The molecule has 0 aliphatic heterocycles. The molecule has 0 aliphatic carbocycles. The number of carboxylic acids is 1. The van der Waals surface area contributed by atoms with E-state index in [1.54, 1.807) is 12.1 Å². The van der Waals surface area contributed by atoms with E-state index in [9.17, 15) is 9.90 Å². The van der Waals surface area contributed by atoms with Crippen molar-refractivity contribution in [1.82, 2.24) is 0 Å². The van der Waals surface area contributed by atoms with E-state index in [1.165, 1.54) is 11.8 Å². The Bertz CT molecular complexity index is 594. The monoisotopic (exact) mass is 292 g/mol. The molecule has 0 saturated heterocycles. The highest BCUT2D eigenvalue weighted by atomic mass is 35.5. The third-order valence-electron chi connectivity index (χ3n) is 2.74. The van der Waals surface area contributed by atoms with Gasteiger partial charge < -0.3 is 5.11 Å². The molecule has 0 heterocycles. The van der Waals surface area contributed by atoms with Gasteiger partial charge in [0, 0.05) is 15.7 Å². The van der Waals surface area contributed by atoms with E-state index < -0.39 is 5.97 Å². The number of halogens is 1. The van der Waals surface area contributed by atoms with Crippen LogP contribution in [0.15, 0.2) is 47.4 Å². The van der Waals surface area contributed by atoms with Crippen LogP contribution in [0.5, 0.6) is 0 Å². The van der Waals surface area contributed by atoms with Crippen LogP contribution in [-0.4, -0.2) is 11.1 Å². The van der Waals surface area contributed by atoms with Gasteiger partial charge in [-0.2, -0.15) is 0 Å². The Morgan fingerprint density at radius 2 is 1.89 bits per heavy atom. The molecule has 2 aromatic rings. The quantitative estimate of drug-likeness (QED) is 0.834. The molecule has 19 heavy (non-hydrogen) atoms. The van der Waals surface area contributed by atoms with Crippen LogP contribution in [0.1, 0.15) is 21.5 Å². The lowest BCUT2D eigenvalue weighted by atomic mass is 10.1. The predicted octanol–water partition coefficient (Wildman–Crippen LogP) is 4.64. The molecule has 98 valence electrons. The van der Waals surface area contributed by atoms with Crippen LogP contribution in [-0.2, 0) is 5.75 Å². The molecule has 0 amide bonds. The van der Waals surface area contributed by atoms with E-state index in [4.69, 9.17) is 11.6 Å². The van der Waals surface area contributed by atoms with Crippen LogP contribution in [0.4, 0.5) is 0 Å². The predicted molar refractivity (Wildman–Crippen MR) is 79.2 cm³/mol. The number of carboxylic acid groups (broad SMARTS) is 1. The van der Waals surface area contributed by atoms with Crippen molar-refractivity contribution in [2.45, 2.75) is 17.6 Å². The zero-order valence-electron chi connectivity index (χ0n) is 10.4. The summed E-state index contributed by atoms with van der Waals surface area (Å²) in [5.41, 5.74) is 2.46. The molecule has 0 atom stereocenters. The molecule has 2 rings (SSSR count). The number of thioether (sulfide) groups is 1. The minimum absolute atomic E-state index is 0.360. The fraction of sp³-hybridized carbons (Fsp3) is 0.133. The second-order valence-electron chi connectivity index (χ2n) is 4.17. The van der Waals surface area contributed by atoms with Crippen LogP contribution >= 0.6 is 23.4 Å². The molecule has 0 fully saturated rings. The van der Waals surface area contributed by atoms with Crippen LogP contribution in [0.3, 0.4) is 0 Å². The number of benzene rings is 2. The topological polar surface area (TPSA) is 37.3 Å². The Kier molecular flexibility index (Phi) is 4.51. The Balaban J connectivity index is 2.19. The maximum atomic E-state index is 11.2. The summed E-state index contributed by atoms with van der Waals surface area (Å²) in [4.78, 5) is 12.0. The van der Waals surface area contributed by atoms with Gasteiger partial charge in [-0.3, -0.25) is 0 Å². The molecule has 2 aromatic carbocycles. The summed E-state index contributed by atoms with van der Waals surface area (Å²) in [5.74, 6) is -0.162. The Hall–Kier alpha value is -1.45. The van der Waals surface area contributed by atoms with E-state index in [2.05, 4.69) is 0 Å². The first-order chi connectivity index (χ1) is 9.08. The summed E-state index contributed by atoms with van der Waals surface area (Å²) >= 11 is 7.37. The molecule has 0 aliphatic rings. The van der Waals surface area contributed by atoms with Crippen molar-refractivity contribution in [3.63, 3.8) is 0 Å². The van der Waals surface area contributed by atoms with E-state index in [-0.39, 0.29) is 0 Å². The second-order valence-corrected chi connectivity index (χ2v) is 5.59. The lowest BCUT2D eigenvalue weighted by molar-refractivity contribution is 0.0693. The molecule has 4 heteroatoms. The van der Waals surface area contributed by atoms with E-state index in [0.29, 0.717) is 10.6 Å². The van der Waals surface area contributed by atoms with Gasteiger partial charge in [0.15, 0.2) is 0 Å². The van der Waals surface area contributed by atoms with E-state index in [1.807, 2.05) is 37.3 Å². The largest absolute Gasteiger partial charge is 0.478 e. The SMILES string of the molecule is Cc1cccc(C(=O)O)c1SCc1ccc(Cl)cc1. The van der Waals surface area contributed by atoms with Crippen molar-refractivity contribution in [2.75, 3.05) is 0 Å². The molecule has 0 spiro atoms. The first-order valence-electron chi connectivity index (χ1n) is 5.78. The smallest absolute Gasteiger partial charge is 0.336 e. The highest BCUT2D eigenvalue weighted by Crippen LogP contribution is 2.29. The first-order valence-corrected chi connectivity index (χ1v) is 7.14. The minimum Gasteiger partial charge on any atom is -0.478 e. The maximum Gasteiger partial charge on any atom is 0.336 e. The summed E-state index contributed by atoms with van der Waals surface area (Å²) in [6, 6.07) is 12.9. The average molecular weight is 293 g/mol. The van der Waals surface area contributed by atoms with Crippen molar-refractivity contribution in [2.24, 2.45) is 0 Å². The number of carbonyl (C=O) groups is 1. The summed E-state index contributed by atoms with van der Waals surface area (Å²) in [6.45, 7) is 1.93. The van der Waals surface area contributed by atoms with E-state index >= 15 is 0 Å². The molecule has 2 nitrogen and oxygen atoms in total. The maximum absolute atomic E-state index is 11.2. The van der Waals surface area contributed by atoms with Gasteiger partial charge in [-0.25, -0.2) is 4.79 Å². The molecule has 1 N–H and O–H groups in total. The Labute approximate surface area is 121 Å². The standard InChI is InChI=1S/C15H13ClO2S/c1-10-3-2-4-13(15(17)18)14(10)19-9-11-5-7-12(16)8-6-11/h2-8H,9H2,1H3,(H,17,18). The first kappa shape index (κ1) is 14.0. The third-order valence-corrected chi connectivity index (χ3v) is 4.30. The van der Waals surface area contributed by atoms with Crippen molar-refractivity contribution in [1.29, 1.82) is 0 Å². The molecule has 0 unspecified atom stereocenters. The van der Waals surface area contributed by atoms with Gasteiger partial charge in [-0.15, -0.1) is 11.8 Å². The summed E-state index contributed by atoms with van der Waals surface area (Å²) in [6.07, 6.45) is 0. The lowest BCUT2D eigenvalue weighted by Crippen LogP contribution is -2.00. The molecular formula is C15H13ClO2S. The Morgan fingerprint density at radius 1 is 1.21 bits per heavy atom. The lowest BCUT2D eigenvalue weighted by Gasteiger charge is -2.09. The normalized spacial score (nSPS) is 10.4. The number of rotatable bonds is 4. The van der Waals surface area contributed by atoms with Crippen molar-refractivity contribution < 1.29 is 9.90 Å².